The Morgan fingerprint density at radius 2 is 1.93 bits per heavy atom. The van der Waals surface area contributed by atoms with Crippen molar-refractivity contribution in [2.45, 2.75) is 6.92 Å². The van der Waals surface area contributed by atoms with Crippen molar-refractivity contribution in [2.75, 3.05) is 18.6 Å². The molecular weight excluding hydrogens is 454 g/mol. The number of urea groups is 1. The zero-order valence-electron chi connectivity index (χ0n) is 16.1. The summed E-state index contributed by atoms with van der Waals surface area (Å²) in [4.78, 5) is 38.6. The van der Waals surface area contributed by atoms with Crippen LogP contribution in [-0.2, 0) is 9.59 Å². The molecule has 4 amide bonds. The van der Waals surface area contributed by atoms with Crippen LogP contribution < -0.4 is 19.7 Å². The summed E-state index contributed by atoms with van der Waals surface area (Å²) in [6.45, 7) is 1.67. The Bertz CT molecular complexity index is 1120. The van der Waals surface area contributed by atoms with E-state index in [-0.39, 0.29) is 12.2 Å². The van der Waals surface area contributed by atoms with Crippen LogP contribution in [0.5, 0.6) is 11.5 Å². The molecule has 2 aromatic rings. The third-order valence-corrected chi connectivity index (χ3v) is 5.18. The van der Waals surface area contributed by atoms with E-state index in [1.54, 1.807) is 36.4 Å². The Hall–Kier alpha value is -3.64. The Labute approximate surface area is 180 Å². The number of benzene rings is 2. The molecule has 2 aromatic carbocycles. The van der Waals surface area contributed by atoms with Crippen molar-refractivity contribution in [3.05, 3.63) is 57.6 Å². The first-order chi connectivity index (χ1) is 14.3. The molecule has 8 nitrogen and oxygen atoms in total. The topological polar surface area (TPSA) is 109 Å². The molecule has 1 aliphatic heterocycles. The van der Waals surface area contributed by atoms with Crippen LogP contribution in [0, 0.1) is 18.3 Å². The van der Waals surface area contributed by atoms with Crippen molar-refractivity contribution in [3.63, 3.8) is 0 Å². The average Bonchev–Trinajstić information content (AvgIpc) is 2.72. The minimum atomic E-state index is -0.818. The van der Waals surface area contributed by atoms with Crippen LogP contribution in [0.15, 0.2) is 46.4 Å². The summed E-state index contributed by atoms with van der Waals surface area (Å²) in [5.41, 5.74) is 1.45. The Balaban J connectivity index is 1.98. The molecule has 1 heterocycles. The van der Waals surface area contributed by atoms with Crippen molar-refractivity contribution < 1.29 is 23.9 Å². The minimum Gasteiger partial charge on any atom is -0.493 e. The van der Waals surface area contributed by atoms with Crippen molar-refractivity contribution >= 4 is 45.5 Å². The van der Waals surface area contributed by atoms with E-state index in [0.29, 0.717) is 22.7 Å². The molecule has 3 rings (SSSR count). The fourth-order valence-electron chi connectivity index (χ4n) is 2.83. The Morgan fingerprint density at radius 3 is 2.60 bits per heavy atom. The lowest BCUT2D eigenvalue weighted by Crippen LogP contribution is -2.54. The SMILES string of the molecule is COc1cc(/C=C2\C(=O)NC(=O)N(c3ccc(Br)c(C)c3)C2=O)ccc1OCC#N. The van der Waals surface area contributed by atoms with Gasteiger partial charge in [-0.25, -0.2) is 9.69 Å². The number of rotatable bonds is 5. The number of ether oxygens (including phenoxy) is 2. The van der Waals surface area contributed by atoms with E-state index in [1.165, 1.54) is 13.2 Å². The standard InChI is InChI=1S/C21H16BrN3O5/c1-12-9-14(4-5-16(12)22)25-20(27)15(19(26)24-21(25)28)10-13-3-6-17(30-8-7-23)18(11-13)29-2/h3-6,9-11H,8H2,1-2H3,(H,24,26,28)/b15-10+. The highest BCUT2D eigenvalue weighted by Gasteiger charge is 2.37. The van der Waals surface area contributed by atoms with Gasteiger partial charge in [-0.2, -0.15) is 5.26 Å². The van der Waals surface area contributed by atoms with Crippen molar-refractivity contribution in [1.82, 2.24) is 5.32 Å². The average molecular weight is 470 g/mol. The molecule has 0 aliphatic carbocycles. The molecule has 0 saturated carbocycles. The fourth-order valence-corrected chi connectivity index (χ4v) is 3.08. The minimum absolute atomic E-state index is 0.151. The molecule has 1 fully saturated rings. The van der Waals surface area contributed by atoms with E-state index in [4.69, 9.17) is 14.7 Å². The molecule has 152 valence electrons. The van der Waals surface area contributed by atoms with Gasteiger partial charge in [0.05, 0.1) is 12.8 Å². The summed E-state index contributed by atoms with van der Waals surface area (Å²) in [6, 6.07) is 10.8. The number of carbonyl (C=O) groups is 3. The van der Waals surface area contributed by atoms with Gasteiger partial charge in [0.1, 0.15) is 11.6 Å². The number of halogens is 1. The first-order valence-corrected chi connectivity index (χ1v) is 9.50. The number of barbiturate groups is 1. The van der Waals surface area contributed by atoms with Gasteiger partial charge in [-0.1, -0.05) is 22.0 Å². The molecule has 0 unspecified atom stereocenters. The predicted molar refractivity (Wildman–Crippen MR) is 112 cm³/mol. The summed E-state index contributed by atoms with van der Waals surface area (Å²) in [5, 5.41) is 10.8. The summed E-state index contributed by atoms with van der Waals surface area (Å²) >= 11 is 3.37. The maximum Gasteiger partial charge on any atom is 0.335 e. The maximum absolute atomic E-state index is 13.0. The first kappa shape index (κ1) is 21.1. The molecule has 0 spiro atoms. The van der Waals surface area contributed by atoms with Gasteiger partial charge in [0, 0.05) is 4.47 Å². The van der Waals surface area contributed by atoms with E-state index in [2.05, 4.69) is 21.2 Å². The molecule has 30 heavy (non-hydrogen) atoms. The highest BCUT2D eigenvalue weighted by molar-refractivity contribution is 9.10. The van der Waals surface area contributed by atoms with Crippen LogP contribution in [0.4, 0.5) is 10.5 Å². The van der Waals surface area contributed by atoms with Gasteiger partial charge in [0.25, 0.3) is 11.8 Å². The van der Waals surface area contributed by atoms with Crippen molar-refractivity contribution in [2.24, 2.45) is 0 Å². The number of hydrogen-bond acceptors (Lipinski definition) is 6. The predicted octanol–water partition coefficient (Wildman–Crippen LogP) is 3.33. The van der Waals surface area contributed by atoms with Gasteiger partial charge in [-0.15, -0.1) is 0 Å². The van der Waals surface area contributed by atoms with Gasteiger partial charge >= 0.3 is 6.03 Å². The van der Waals surface area contributed by atoms with Crippen LogP contribution in [-0.4, -0.2) is 31.6 Å². The normalized spacial score (nSPS) is 15.1. The van der Waals surface area contributed by atoms with Gasteiger partial charge in [0.2, 0.25) is 0 Å². The van der Waals surface area contributed by atoms with E-state index < -0.39 is 17.8 Å². The van der Waals surface area contributed by atoms with Crippen molar-refractivity contribution in [1.29, 1.82) is 5.26 Å². The molecule has 9 heteroatoms. The third-order valence-electron chi connectivity index (χ3n) is 4.29. The van der Waals surface area contributed by atoms with Crippen LogP contribution in [0.1, 0.15) is 11.1 Å². The molecule has 0 aromatic heterocycles. The second kappa shape index (κ2) is 8.80. The fraction of sp³-hybridized carbons (Fsp3) is 0.143. The second-order valence-corrected chi connectivity index (χ2v) is 7.10. The monoisotopic (exact) mass is 469 g/mol. The number of methoxy groups -OCH3 is 1. The van der Waals surface area contributed by atoms with E-state index in [9.17, 15) is 14.4 Å². The number of anilines is 1. The summed E-state index contributed by atoms with van der Waals surface area (Å²) in [7, 11) is 1.43. The molecule has 1 saturated heterocycles. The van der Waals surface area contributed by atoms with Crippen molar-refractivity contribution in [3.8, 4) is 17.6 Å². The van der Waals surface area contributed by atoms with Crippen LogP contribution in [0.2, 0.25) is 0 Å². The number of aryl methyl sites for hydroxylation is 1. The van der Waals surface area contributed by atoms with Gasteiger partial charge < -0.3 is 9.47 Å². The van der Waals surface area contributed by atoms with E-state index in [1.807, 2.05) is 13.0 Å². The Kier molecular flexibility index (Phi) is 6.18. The smallest absolute Gasteiger partial charge is 0.335 e. The second-order valence-electron chi connectivity index (χ2n) is 6.25. The molecule has 0 bridgehead atoms. The molecule has 0 atom stereocenters. The van der Waals surface area contributed by atoms with Crippen LogP contribution in [0.25, 0.3) is 6.08 Å². The number of nitrogens with one attached hydrogen (secondary N) is 1. The third kappa shape index (κ3) is 4.18. The van der Waals surface area contributed by atoms with Gasteiger partial charge in [-0.3, -0.25) is 14.9 Å². The summed E-state index contributed by atoms with van der Waals surface area (Å²) < 4.78 is 11.3. The lowest BCUT2D eigenvalue weighted by molar-refractivity contribution is -0.122. The molecule has 1 N–H and O–H groups in total. The van der Waals surface area contributed by atoms with E-state index in [0.717, 1.165) is 14.9 Å². The number of nitrogens with zero attached hydrogens (tertiary/aromatic N) is 2. The largest absolute Gasteiger partial charge is 0.493 e. The lowest BCUT2D eigenvalue weighted by Gasteiger charge is -2.26. The Morgan fingerprint density at radius 1 is 1.17 bits per heavy atom. The van der Waals surface area contributed by atoms with Crippen LogP contribution >= 0.6 is 15.9 Å². The highest BCUT2D eigenvalue weighted by atomic mass is 79.9. The molecule has 0 radical (unpaired) electrons. The maximum atomic E-state index is 13.0. The van der Waals surface area contributed by atoms with Crippen LogP contribution in [0.3, 0.4) is 0 Å². The first-order valence-electron chi connectivity index (χ1n) is 8.71. The van der Waals surface area contributed by atoms with E-state index >= 15 is 0 Å². The zero-order chi connectivity index (χ0) is 21.8. The number of nitriles is 1. The number of imide groups is 2. The zero-order valence-corrected chi connectivity index (χ0v) is 17.6. The number of carbonyl (C=O) groups excluding carboxylic acids is 3. The quantitative estimate of drug-likeness (QED) is 0.531. The highest BCUT2D eigenvalue weighted by Crippen LogP contribution is 2.30. The lowest BCUT2D eigenvalue weighted by atomic mass is 10.1. The van der Waals surface area contributed by atoms with Gasteiger partial charge in [-0.05, 0) is 54.5 Å². The number of hydrogen-bond donors (Lipinski definition) is 1. The summed E-state index contributed by atoms with van der Waals surface area (Å²) in [5.74, 6) is -0.851. The summed E-state index contributed by atoms with van der Waals surface area (Å²) in [6.07, 6.45) is 1.36. The number of amides is 4. The molecular formula is C21H16BrN3O5. The molecule has 1 aliphatic rings. The van der Waals surface area contributed by atoms with Gasteiger partial charge in [0.15, 0.2) is 18.1 Å².